The predicted octanol–water partition coefficient (Wildman–Crippen LogP) is 0.589. The summed E-state index contributed by atoms with van der Waals surface area (Å²) < 4.78 is 0. The maximum atomic E-state index is 12.8. The molecule has 0 spiro atoms. The predicted molar refractivity (Wildman–Crippen MR) is 105 cm³/mol. The number of nitrogens with one attached hydrogen (secondary N) is 2. The molecule has 0 unspecified atom stereocenters. The van der Waals surface area contributed by atoms with E-state index in [0.717, 1.165) is 19.5 Å². The number of hydrogen-bond acceptors (Lipinski definition) is 4. The second-order valence-electron chi connectivity index (χ2n) is 7.34. The molecule has 2 saturated heterocycles. The third-order valence-corrected chi connectivity index (χ3v) is 5.67. The van der Waals surface area contributed by atoms with Crippen molar-refractivity contribution in [1.29, 1.82) is 0 Å². The zero-order valence-electron chi connectivity index (χ0n) is 15.9. The summed E-state index contributed by atoms with van der Waals surface area (Å²) >= 11 is 0. The molecule has 144 valence electrons. The number of likely N-dealkylation sites (tertiary alicyclic amines) is 1. The number of benzene rings is 1. The minimum absolute atomic E-state index is 0.0365. The Balaban J connectivity index is 1.63. The van der Waals surface area contributed by atoms with Gasteiger partial charge in [0.2, 0.25) is 11.8 Å². The molecule has 2 fully saturated rings. The molecule has 3 atom stereocenters. The standard InChI is InChI=1S/C21H28N4O2/c1-3-12-22-19(26)10-9-17-14-23-21(27)20-18(24(17)2)11-13-25(20)15-16-7-5-4-6-8-16/h1,4-8,17-18,20H,9-15H2,2H3,(H,22,26)(H,23,27)/t17-,18+,20-/m0/s1. The zero-order valence-corrected chi connectivity index (χ0v) is 15.9. The van der Waals surface area contributed by atoms with Gasteiger partial charge >= 0.3 is 0 Å². The van der Waals surface area contributed by atoms with Crippen molar-refractivity contribution in [2.24, 2.45) is 0 Å². The van der Waals surface area contributed by atoms with Crippen LogP contribution in [0.1, 0.15) is 24.8 Å². The second-order valence-corrected chi connectivity index (χ2v) is 7.34. The summed E-state index contributed by atoms with van der Waals surface area (Å²) in [6.07, 6.45) is 7.25. The molecule has 2 heterocycles. The minimum Gasteiger partial charge on any atom is -0.353 e. The smallest absolute Gasteiger partial charge is 0.239 e. The van der Waals surface area contributed by atoms with Crippen molar-refractivity contribution in [1.82, 2.24) is 20.4 Å². The summed E-state index contributed by atoms with van der Waals surface area (Å²) in [5.41, 5.74) is 1.22. The fraction of sp³-hybridized carbons (Fsp3) is 0.524. The van der Waals surface area contributed by atoms with Crippen molar-refractivity contribution in [3.8, 4) is 12.3 Å². The molecule has 6 heteroatoms. The van der Waals surface area contributed by atoms with Gasteiger partial charge in [0, 0.05) is 38.1 Å². The first-order valence-electron chi connectivity index (χ1n) is 9.58. The lowest BCUT2D eigenvalue weighted by Gasteiger charge is -2.33. The van der Waals surface area contributed by atoms with E-state index in [1.807, 2.05) is 18.2 Å². The largest absolute Gasteiger partial charge is 0.353 e. The van der Waals surface area contributed by atoms with Gasteiger partial charge < -0.3 is 10.6 Å². The number of terminal acetylenes is 1. The molecule has 0 saturated carbocycles. The number of carbonyl (C=O) groups excluding carboxylic acids is 2. The lowest BCUT2D eigenvalue weighted by Crippen LogP contribution is -2.49. The quantitative estimate of drug-likeness (QED) is 0.722. The first-order valence-corrected chi connectivity index (χ1v) is 9.58. The summed E-state index contributed by atoms with van der Waals surface area (Å²) in [5, 5.41) is 5.80. The molecule has 2 amide bonds. The molecule has 6 nitrogen and oxygen atoms in total. The van der Waals surface area contributed by atoms with Gasteiger partial charge in [0.25, 0.3) is 0 Å². The van der Waals surface area contributed by atoms with E-state index in [0.29, 0.717) is 19.4 Å². The molecule has 2 aliphatic heterocycles. The van der Waals surface area contributed by atoms with Gasteiger partial charge in [0.05, 0.1) is 6.54 Å². The van der Waals surface area contributed by atoms with Gasteiger partial charge in [-0.05, 0) is 25.5 Å². The minimum atomic E-state index is -0.143. The number of carbonyl (C=O) groups is 2. The Kier molecular flexibility index (Phi) is 6.49. The van der Waals surface area contributed by atoms with Gasteiger partial charge in [-0.2, -0.15) is 0 Å². The van der Waals surface area contributed by atoms with Gasteiger partial charge in [-0.15, -0.1) is 6.42 Å². The van der Waals surface area contributed by atoms with Crippen molar-refractivity contribution in [2.45, 2.75) is 43.9 Å². The molecule has 2 aliphatic rings. The van der Waals surface area contributed by atoms with Gasteiger partial charge in [-0.25, -0.2) is 0 Å². The number of amides is 2. The molecule has 0 radical (unpaired) electrons. The van der Waals surface area contributed by atoms with E-state index >= 15 is 0 Å². The number of nitrogens with zero attached hydrogens (tertiary/aromatic N) is 2. The van der Waals surface area contributed by atoms with Gasteiger partial charge in [0.15, 0.2) is 0 Å². The van der Waals surface area contributed by atoms with Crippen LogP contribution in [0, 0.1) is 12.3 Å². The number of fused-ring (bicyclic) bond motifs is 1. The molecule has 2 N–H and O–H groups in total. The normalized spacial score (nSPS) is 25.9. The highest BCUT2D eigenvalue weighted by molar-refractivity contribution is 5.83. The van der Waals surface area contributed by atoms with Crippen molar-refractivity contribution in [3.05, 3.63) is 35.9 Å². The van der Waals surface area contributed by atoms with Crippen LogP contribution in [0.3, 0.4) is 0 Å². The first-order chi connectivity index (χ1) is 13.1. The molecule has 0 bridgehead atoms. The molecule has 0 aromatic heterocycles. The third kappa shape index (κ3) is 4.68. The van der Waals surface area contributed by atoms with Crippen LogP contribution in [0.5, 0.6) is 0 Å². The summed E-state index contributed by atoms with van der Waals surface area (Å²) in [4.78, 5) is 29.2. The molecule has 1 aromatic rings. The maximum Gasteiger partial charge on any atom is 0.239 e. The Morgan fingerprint density at radius 1 is 1.37 bits per heavy atom. The Morgan fingerprint density at radius 2 is 2.15 bits per heavy atom. The topological polar surface area (TPSA) is 64.7 Å². The number of likely N-dealkylation sites (N-methyl/N-ethyl adjacent to an activating group) is 1. The average Bonchev–Trinajstić information content (AvgIpc) is 3.05. The fourth-order valence-corrected chi connectivity index (χ4v) is 4.18. The van der Waals surface area contributed by atoms with Crippen LogP contribution in [-0.2, 0) is 16.1 Å². The Morgan fingerprint density at radius 3 is 2.89 bits per heavy atom. The average molecular weight is 368 g/mol. The molecule has 0 aliphatic carbocycles. The molecule has 3 rings (SSSR count). The van der Waals surface area contributed by atoms with E-state index in [2.05, 4.69) is 45.5 Å². The summed E-state index contributed by atoms with van der Waals surface area (Å²) in [5.74, 6) is 2.47. The van der Waals surface area contributed by atoms with Gasteiger partial charge in [0.1, 0.15) is 6.04 Å². The van der Waals surface area contributed by atoms with Gasteiger partial charge in [-0.1, -0.05) is 36.3 Å². The van der Waals surface area contributed by atoms with E-state index in [4.69, 9.17) is 6.42 Å². The van der Waals surface area contributed by atoms with Crippen molar-refractivity contribution >= 4 is 11.8 Å². The lowest BCUT2D eigenvalue weighted by atomic mass is 10.0. The third-order valence-electron chi connectivity index (χ3n) is 5.67. The zero-order chi connectivity index (χ0) is 19.2. The second kappa shape index (κ2) is 9.03. The number of hydrogen-bond donors (Lipinski definition) is 2. The first kappa shape index (κ1) is 19.4. The van der Waals surface area contributed by atoms with Crippen LogP contribution in [0.15, 0.2) is 30.3 Å². The molecular weight excluding hydrogens is 340 g/mol. The Labute approximate surface area is 161 Å². The van der Waals surface area contributed by atoms with Crippen molar-refractivity contribution in [3.63, 3.8) is 0 Å². The van der Waals surface area contributed by atoms with Gasteiger partial charge in [-0.3, -0.25) is 19.4 Å². The van der Waals surface area contributed by atoms with Crippen LogP contribution in [0.4, 0.5) is 0 Å². The number of rotatable bonds is 6. The van der Waals surface area contributed by atoms with Crippen molar-refractivity contribution < 1.29 is 9.59 Å². The van der Waals surface area contributed by atoms with E-state index in [1.54, 1.807) is 0 Å². The highest BCUT2D eigenvalue weighted by atomic mass is 16.2. The molecular formula is C21H28N4O2. The monoisotopic (exact) mass is 368 g/mol. The summed E-state index contributed by atoms with van der Waals surface area (Å²) in [6, 6.07) is 10.5. The Bertz CT molecular complexity index is 700. The summed E-state index contributed by atoms with van der Waals surface area (Å²) in [7, 11) is 2.08. The van der Waals surface area contributed by atoms with E-state index in [-0.39, 0.29) is 36.5 Å². The van der Waals surface area contributed by atoms with E-state index in [9.17, 15) is 9.59 Å². The molecule has 27 heavy (non-hydrogen) atoms. The van der Waals surface area contributed by atoms with Crippen LogP contribution in [0.25, 0.3) is 0 Å². The summed E-state index contributed by atoms with van der Waals surface area (Å²) in [6.45, 7) is 2.51. The van der Waals surface area contributed by atoms with Crippen molar-refractivity contribution in [2.75, 3.05) is 26.7 Å². The van der Waals surface area contributed by atoms with Crippen LogP contribution in [0.2, 0.25) is 0 Å². The molecule has 1 aromatic carbocycles. The lowest BCUT2D eigenvalue weighted by molar-refractivity contribution is -0.126. The highest BCUT2D eigenvalue weighted by Crippen LogP contribution is 2.28. The van der Waals surface area contributed by atoms with E-state index < -0.39 is 0 Å². The van der Waals surface area contributed by atoms with Crippen LogP contribution in [-0.4, -0.2) is 66.4 Å². The van der Waals surface area contributed by atoms with Crippen LogP contribution >= 0.6 is 0 Å². The van der Waals surface area contributed by atoms with E-state index in [1.165, 1.54) is 5.56 Å². The highest BCUT2D eigenvalue weighted by Gasteiger charge is 2.44. The Hall–Kier alpha value is -2.36. The SMILES string of the molecule is C#CCNC(=O)CC[C@H]1CNC(=O)[C@@H]2[C@@H](CCN2Cc2ccccc2)N1C. The fourth-order valence-electron chi connectivity index (χ4n) is 4.18. The maximum absolute atomic E-state index is 12.8. The van der Waals surface area contributed by atoms with Crippen LogP contribution < -0.4 is 10.6 Å².